The molecule has 0 aromatic heterocycles. The molecule has 0 saturated carbocycles. The van der Waals surface area contributed by atoms with E-state index in [1.165, 1.54) is 34.1 Å². The van der Waals surface area contributed by atoms with Gasteiger partial charge >= 0.3 is 0 Å². The van der Waals surface area contributed by atoms with Crippen molar-refractivity contribution in [3.63, 3.8) is 0 Å². The number of likely N-dealkylation sites (tertiary alicyclic amines) is 1. The molecule has 2 aromatic rings. The fraction of sp³-hybridized carbons (Fsp3) is 0.536. The lowest BCUT2D eigenvalue weighted by atomic mass is 9.96. The quantitative estimate of drug-likeness (QED) is 0.520. The van der Waals surface area contributed by atoms with Gasteiger partial charge in [-0.15, -0.1) is 0 Å². The van der Waals surface area contributed by atoms with E-state index >= 15 is 0 Å². The van der Waals surface area contributed by atoms with E-state index in [2.05, 4.69) is 22.3 Å². The van der Waals surface area contributed by atoms with Crippen LogP contribution in [-0.4, -0.2) is 91.9 Å². The minimum absolute atomic E-state index is 0.00549. The highest BCUT2D eigenvalue weighted by atomic mass is 35.5. The number of rotatable bonds is 7. The number of carbonyl (C=O) groups is 1. The molecule has 3 aliphatic heterocycles. The third-order valence-electron chi connectivity index (χ3n) is 7.65. The number of sulfonamides is 1. The second-order valence-electron chi connectivity index (χ2n) is 10.6. The van der Waals surface area contributed by atoms with E-state index in [0.29, 0.717) is 17.9 Å². The SMILES string of the molecule is O=C(C[C@@H]1CC[C@@H]2[C@H](COC[C@@H](O)CN2S(=O)(=O)c2ccc(Cl)cc2)O1)N[C@H]1CCN(Cc2ccccc2)C1. The third kappa shape index (κ3) is 7.18. The number of halogens is 1. The molecule has 212 valence electrons. The predicted octanol–water partition coefficient (Wildman–Crippen LogP) is 2.42. The van der Waals surface area contributed by atoms with Crippen LogP contribution >= 0.6 is 11.6 Å². The number of benzene rings is 2. The van der Waals surface area contributed by atoms with Crippen molar-refractivity contribution in [2.45, 2.75) is 67.5 Å². The molecule has 0 aliphatic carbocycles. The van der Waals surface area contributed by atoms with Gasteiger partial charge in [0.25, 0.3) is 0 Å². The Bertz CT molecular complexity index is 1220. The summed E-state index contributed by atoms with van der Waals surface area (Å²) in [6.07, 6.45) is 0.319. The molecule has 5 rings (SSSR count). The molecule has 0 spiro atoms. The molecular weight excluding hydrogens is 542 g/mol. The van der Waals surface area contributed by atoms with Crippen LogP contribution in [0.5, 0.6) is 0 Å². The molecule has 9 nitrogen and oxygen atoms in total. The Kier molecular flexibility index (Phi) is 9.23. The van der Waals surface area contributed by atoms with Gasteiger partial charge in [-0.1, -0.05) is 41.9 Å². The molecule has 5 atom stereocenters. The molecule has 39 heavy (non-hydrogen) atoms. The first-order chi connectivity index (χ1) is 18.8. The van der Waals surface area contributed by atoms with Crippen molar-refractivity contribution in [3.8, 4) is 0 Å². The van der Waals surface area contributed by atoms with E-state index in [0.717, 1.165) is 26.1 Å². The topological polar surface area (TPSA) is 108 Å². The monoisotopic (exact) mass is 577 g/mol. The van der Waals surface area contributed by atoms with Crippen molar-refractivity contribution < 1.29 is 27.8 Å². The Morgan fingerprint density at radius 3 is 2.56 bits per heavy atom. The van der Waals surface area contributed by atoms with Crippen LogP contribution in [0.25, 0.3) is 0 Å². The van der Waals surface area contributed by atoms with Crippen LogP contribution in [0.15, 0.2) is 59.5 Å². The summed E-state index contributed by atoms with van der Waals surface area (Å²) >= 11 is 5.96. The summed E-state index contributed by atoms with van der Waals surface area (Å²) in [4.78, 5) is 15.4. The van der Waals surface area contributed by atoms with Gasteiger partial charge in [-0.2, -0.15) is 4.31 Å². The zero-order valence-electron chi connectivity index (χ0n) is 21.8. The minimum Gasteiger partial charge on any atom is -0.389 e. The maximum atomic E-state index is 13.6. The molecule has 3 fully saturated rings. The van der Waals surface area contributed by atoms with E-state index in [4.69, 9.17) is 21.1 Å². The lowest BCUT2D eigenvalue weighted by molar-refractivity contribution is -0.146. The van der Waals surface area contributed by atoms with E-state index in [-0.39, 0.29) is 49.1 Å². The molecule has 2 aromatic carbocycles. The number of ether oxygens (including phenoxy) is 2. The summed E-state index contributed by atoms with van der Waals surface area (Å²) in [6, 6.07) is 15.9. The molecule has 2 N–H and O–H groups in total. The minimum atomic E-state index is -3.91. The van der Waals surface area contributed by atoms with Crippen LogP contribution in [0.2, 0.25) is 5.02 Å². The molecule has 1 amide bonds. The van der Waals surface area contributed by atoms with Crippen LogP contribution < -0.4 is 5.32 Å². The first-order valence-corrected chi connectivity index (χ1v) is 15.3. The summed E-state index contributed by atoms with van der Waals surface area (Å²) in [7, 11) is -3.91. The first-order valence-electron chi connectivity index (χ1n) is 13.5. The van der Waals surface area contributed by atoms with Crippen molar-refractivity contribution in [1.82, 2.24) is 14.5 Å². The second kappa shape index (κ2) is 12.6. The molecule has 3 saturated heterocycles. The maximum absolute atomic E-state index is 13.6. The van der Waals surface area contributed by atoms with Gasteiger partial charge in [-0.25, -0.2) is 8.42 Å². The van der Waals surface area contributed by atoms with Crippen molar-refractivity contribution in [2.75, 3.05) is 32.8 Å². The predicted molar refractivity (Wildman–Crippen MR) is 147 cm³/mol. The Labute approximate surface area is 235 Å². The zero-order chi connectivity index (χ0) is 27.4. The van der Waals surface area contributed by atoms with E-state index in [1.54, 1.807) is 0 Å². The normalized spacial score (nSPS) is 28.8. The lowest BCUT2D eigenvalue weighted by Gasteiger charge is -2.43. The van der Waals surface area contributed by atoms with Gasteiger partial charge in [0, 0.05) is 37.2 Å². The summed E-state index contributed by atoms with van der Waals surface area (Å²) < 4.78 is 40.4. The van der Waals surface area contributed by atoms with Gasteiger partial charge in [-0.05, 0) is 49.1 Å². The fourth-order valence-electron chi connectivity index (χ4n) is 5.74. The Balaban J connectivity index is 1.18. The van der Waals surface area contributed by atoms with Crippen LogP contribution in [0.1, 0.15) is 31.2 Å². The number of β-amino-alcohol motifs (C(OH)–C–C–N with tert-alkyl or cyclic N) is 1. The molecule has 3 heterocycles. The number of hydrogen-bond donors (Lipinski definition) is 2. The van der Waals surface area contributed by atoms with Crippen LogP contribution in [0.3, 0.4) is 0 Å². The van der Waals surface area contributed by atoms with Crippen molar-refractivity contribution in [1.29, 1.82) is 0 Å². The highest BCUT2D eigenvalue weighted by molar-refractivity contribution is 7.89. The van der Waals surface area contributed by atoms with Crippen LogP contribution in [0.4, 0.5) is 0 Å². The summed E-state index contributed by atoms with van der Waals surface area (Å²) in [5.74, 6) is -0.0576. The van der Waals surface area contributed by atoms with E-state index < -0.39 is 28.3 Å². The Morgan fingerprint density at radius 2 is 1.79 bits per heavy atom. The van der Waals surface area contributed by atoms with Gasteiger partial charge < -0.3 is 19.9 Å². The van der Waals surface area contributed by atoms with E-state index in [9.17, 15) is 18.3 Å². The number of aliphatic hydroxyl groups is 1. The average molecular weight is 578 g/mol. The highest BCUT2D eigenvalue weighted by Gasteiger charge is 2.43. The summed E-state index contributed by atoms with van der Waals surface area (Å²) in [5.41, 5.74) is 1.26. The Hall–Kier alpha value is -2.05. The third-order valence-corrected chi connectivity index (χ3v) is 9.81. The second-order valence-corrected chi connectivity index (χ2v) is 13.0. The molecule has 0 bridgehead atoms. The molecule has 11 heteroatoms. The fourth-order valence-corrected chi connectivity index (χ4v) is 7.58. The maximum Gasteiger partial charge on any atom is 0.243 e. The molecule has 0 radical (unpaired) electrons. The van der Waals surface area contributed by atoms with Gasteiger partial charge in [-0.3, -0.25) is 9.69 Å². The van der Waals surface area contributed by atoms with Gasteiger partial charge in [0.1, 0.15) is 0 Å². The summed E-state index contributed by atoms with van der Waals surface area (Å²) in [5, 5.41) is 14.0. The van der Waals surface area contributed by atoms with Gasteiger partial charge in [0.2, 0.25) is 15.9 Å². The number of hydrogen-bond acceptors (Lipinski definition) is 7. The molecule has 3 aliphatic rings. The first kappa shape index (κ1) is 28.5. The largest absolute Gasteiger partial charge is 0.389 e. The van der Waals surface area contributed by atoms with Gasteiger partial charge in [0.05, 0.1) is 48.9 Å². The van der Waals surface area contributed by atoms with E-state index in [1.807, 2.05) is 18.2 Å². The zero-order valence-corrected chi connectivity index (χ0v) is 23.4. The molecular formula is C28H36ClN3O6S. The number of carbonyl (C=O) groups excluding carboxylic acids is 1. The van der Waals surface area contributed by atoms with Crippen LogP contribution in [0, 0.1) is 0 Å². The van der Waals surface area contributed by atoms with Crippen molar-refractivity contribution in [2.24, 2.45) is 0 Å². The van der Waals surface area contributed by atoms with Gasteiger partial charge in [0.15, 0.2) is 0 Å². The average Bonchev–Trinajstić information content (AvgIpc) is 3.33. The number of nitrogens with zero attached hydrogens (tertiary/aromatic N) is 2. The Morgan fingerprint density at radius 1 is 1.03 bits per heavy atom. The standard InChI is InChI=1S/C28H36ClN3O6S/c29-21-6-9-25(10-7-21)39(35,36)32-17-23(33)18-37-19-27-26(32)11-8-24(38-27)14-28(34)30-22-12-13-31(16-22)15-20-4-2-1-3-5-20/h1-7,9-10,22-24,26-27,33H,8,11-19H2,(H,30,34)/t22-,23-,24-,26+,27-/m0/s1. The highest BCUT2D eigenvalue weighted by Crippen LogP contribution is 2.32. The molecule has 0 unspecified atom stereocenters. The van der Waals surface area contributed by atoms with Crippen molar-refractivity contribution >= 4 is 27.5 Å². The van der Waals surface area contributed by atoms with Crippen molar-refractivity contribution in [3.05, 3.63) is 65.2 Å². The number of amides is 1. The number of aliphatic hydroxyl groups excluding tert-OH is 1. The smallest absolute Gasteiger partial charge is 0.243 e. The number of fused-ring (bicyclic) bond motifs is 1. The number of nitrogens with one attached hydrogen (secondary N) is 1. The summed E-state index contributed by atoms with van der Waals surface area (Å²) in [6.45, 7) is 2.66. The lowest BCUT2D eigenvalue weighted by Crippen LogP contribution is -2.57. The van der Waals surface area contributed by atoms with Crippen LogP contribution in [-0.2, 0) is 30.8 Å².